The van der Waals surface area contributed by atoms with Crippen molar-refractivity contribution in [1.82, 2.24) is 0 Å². The number of halogens is 2. The summed E-state index contributed by atoms with van der Waals surface area (Å²) in [5.41, 5.74) is 0.125. The van der Waals surface area contributed by atoms with Crippen molar-refractivity contribution >= 4 is 40.2 Å². The van der Waals surface area contributed by atoms with E-state index in [0.717, 1.165) is 42.0 Å². The highest BCUT2D eigenvalue weighted by atomic mass is 79.9. The van der Waals surface area contributed by atoms with Gasteiger partial charge in [-0.15, -0.1) is 0 Å². The molecule has 2 rings (SSSR count). The molecule has 0 spiro atoms. The van der Waals surface area contributed by atoms with Gasteiger partial charge in [0.2, 0.25) is 0 Å². The maximum absolute atomic E-state index is 5.92. The number of rotatable bonds is 4. The van der Waals surface area contributed by atoms with E-state index in [1.54, 1.807) is 0 Å². The first-order valence-corrected chi connectivity index (χ1v) is 7.72. The third-order valence-corrected chi connectivity index (χ3v) is 4.84. The van der Waals surface area contributed by atoms with Crippen LogP contribution in [0.1, 0.15) is 12.8 Å². The normalized spacial score (nSPS) is 18.6. The minimum Gasteiger partial charge on any atom is -0.492 e. The standard InChI is InChI=1S/C13H16BrClO2S/c14-11-7-10(15)1-2-12(11)17-8-13(9-18)3-5-16-6-4-13/h1-2,7,18H,3-6,8-9H2. The predicted molar refractivity (Wildman–Crippen MR) is 81.0 cm³/mol. The average molecular weight is 352 g/mol. The molecule has 2 nitrogen and oxygen atoms in total. The topological polar surface area (TPSA) is 18.5 Å². The Labute approximate surface area is 127 Å². The zero-order chi connectivity index (χ0) is 13.0. The Morgan fingerprint density at radius 2 is 2.11 bits per heavy atom. The lowest BCUT2D eigenvalue weighted by Gasteiger charge is -2.35. The maximum atomic E-state index is 5.92. The van der Waals surface area contributed by atoms with Gasteiger partial charge in [0, 0.05) is 23.7 Å². The minimum atomic E-state index is 0.125. The third-order valence-electron chi connectivity index (χ3n) is 3.32. The number of thiol groups is 1. The summed E-state index contributed by atoms with van der Waals surface area (Å²) in [6, 6.07) is 5.56. The molecule has 0 radical (unpaired) electrons. The van der Waals surface area contributed by atoms with E-state index in [0.29, 0.717) is 11.6 Å². The SMILES string of the molecule is SCC1(COc2ccc(Cl)cc2Br)CCOCC1. The predicted octanol–water partition coefficient (Wildman–Crippen LogP) is 4.21. The summed E-state index contributed by atoms with van der Waals surface area (Å²) in [4.78, 5) is 0. The van der Waals surface area contributed by atoms with Crippen LogP contribution in [-0.2, 0) is 4.74 Å². The van der Waals surface area contributed by atoms with Crippen molar-refractivity contribution in [3.63, 3.8) is 0 Å². The molecule has 0 aromatic heterocycles. The number of hydrogen-bond acceptors (Lipinski definition) is 3. The number of ether oxygens (including phenoxy) is 2. The van der Waals surface area contributed by atoms with E-state index >= 15 is 0 Å². The Morgan fingerprint density at radius 3 is 2.72 bits per heavy atom. The Morgan fingerprint density at radius 1 is 1.39 bits per heavy atom. The fraction of sp³-hybridized carbons (Fsp3) is 0.538. The molecule has 0 unspecified atom stereocenters. The molecule has 1 fully saturated rings. The van der Waals surface area contributed by atoms with Crippen molar-refractivity contribution in [3.8, 4) is 5.75 Å². The van der Waals surface area contributed by atoms with Crippen LogP contribution < -0.4 is 4.74 Å². The van der Waals surface area contributed by atoms with Crippen LogP contribution in [0.5, 0.6) is 5.75 Å². The van der Waals surface area contributed by atoms with Gasteiger partial charge in [0.15, 0.2) is 0 Å². The molecule has 1 heterocycles. The van der Waals surface area contributed by atoms with Crippen LogP contribution in [0, 0.1) is 5.41 Å². The highest BCUT2D eigenvalue weighted by molar-refractivity contribution is 9.10. The summed E-state index contributed by atoms with van der Waals surface area (Å²) in [7, 11) is 0. The molecule has 5 heteroatoms. The highest BCUT2D eigenvalue weighted by Crippen LogP contribution is 2.34. The fourth-order valence-electron chi connectivity index (χ4n) is 1.98. The summed E-state index contributed by atoms with van der Waals surface area (Å²) in [5, 5.41) is 0.698. The van der Waals surface area contributed by atoms with E-state index < -0.39 is 0 Å². The molecule has 0 aliphatic carbocycles. The Balaban J connectivity index is 2.01. The Hall–Kier alpha value is 0.1000. The van der Waals surface area contributed by atoms with Gasteiger partial charge in [-0.3, -0.25) is 0 Å². The first-order valence-electron chi connectivity index (χ1n) is 5.92. The molecule has 1 aromatic carbocycles. The second-order valence-electron chi connectivity index (χ2n) is 4.63. The van der Waals surface area contributed by atoms with Gasteiger partial charge in [-0.2, -0.15) is 12.6 Å². The molecule has 0 amide bonds. The van der Waals surface area contributed by atoms with Crippen LogP contribution in [0.25, 0.3) is 0 Å². The monoisotopic (exact) mass is 350 g/mol. The lowest BCUT2D eigenvalue weighted by molar-refractivity contribution is 0.00297. The zero-order valence-electron chi connectivity index (χ0n) is 9.99. The van der Waals surface area contributed by atoms with E-state index in [-0.39, 0.29) is 5.41 Å². The quantitative estimate of drug-likeness (QED) is 0.819. The van der Waals surface area contributed by atoms with E-state index in [9.17, 15) is 0 Å². The van der Waals surface area contributed by atoms with Crippen molar-refractivity contribution in [2.75, 3.05) is 25.6 Å². The maximum Gasteiger partial charge on any atom is 0.133 e. The van der Waals surface area contributed by atoms with Gasteiger partial charge < -0.3 is 9.47 Å². The molecule has 1 aliphatic rings. The van der Waals surface area contributed by atoms with Gasteiger partial charge in [-0.05, 0) is 52.7 Å². The van der Waals surface area contributed by atoms with E-state index in [1.807, 2.05) is 18.2 Å². The molecular weight excluding hydrogens is 336 g/mol. The zero-order valence-corrected chi connectivity index (χ0v) is 13.2. The molecule has 0 bridgehead atoms. The lowest BCUT2D eigenvalue weighted by Crippen LogP contribution is -2.36. The van der Waals surface area contributed by atoms with E-state index in [1.165, 1.54) is 0 Å². The van der Waals surface area contributed by atoms with Crippen LogP contribution in [-0.4, -0.2) is 25.6 Å². The van der Waals surface area contributed by atoms with Gasteiger partial charge in [0.25, 0.3) is 0 Å². The molecule has 0 atom stereocenters. The van der Waals surface area contributed by atoms with Gasteiger partial charge in [-0.1, -0.05) is 11.6 Å². The Bertz CT molecular complexity index is 408. The first-order chi connectivity index (χ1) is 8.65. The lowest BCUT2D eigenvalue weighted by atomic mass is 9.83. The average Bonchev–Trinajstić information content (AvgIpc) is 2.39. The molecule has 0 saturated carbocycles. The Kier molecular flexibility index (Phi) is 5.24. The van der Waals surface area contributed by atoms with Crippen molar-refractivity contribution in [1.29, 1.82) is 0 Å². The number of hydrogen-bond donors (Lipinski definition) is 1. The van der Waals surface area contributed by atoms with Gasteiger partial charge >= 0.3 is 0 Å². The van der Waals surface area contributed by atoms with Crippen molar-refractivity contribution in [3.05, 3.63) is 27.7 Å². The summed E-state index contributed by atoms with van der Waals surface area (Å²) in [6.45, 7) is 2.26. The molecular formula is C13H16BrClO2S. The third kappa shape index (κ3) is 3.56. The summed E-state index contributed by atoms with van der Waals surface area (Å²) in [5.74, 6) is 1.65. The molecule has 18 heavy (non-hydrogen) atoms. The first kappa shape index (κ1) is 14.5. The molecule has 1 aromatic rings. The van der Waals surface area contributed by atoms with Gasteiger partial charge in [-0.25, -0.2) is 0 Å². The highest BCUT2D eigenvalue weighted by Gasteiger charge is 2.32. The van der Waals surface area contributed by atoms with Gasteiger partial charge in [0.1, 0.15) is 5.75 Å². The van der Waals surface area contributed by atoms with Crippen molar-refractivity contribution < 1.29 is 9.47 Å². The van der Waals surface area contributed by atoms with Crippen LogP contribution in [0.2, 0.25) is 5.02 Å². The summed E-state index contributed by atoms with van der Waals surface area (Å²) >= 11 is 13.8. The number of benzene rings is 1. The molecule has 100 valence electrons. The smallest absolute Gasteiger partial charge is 0.133 e. The fourth-order valence-corrected chi connectivity index (χ4v) is 3.18. The van der Waals surface area contributed by atoms with Gasteiger partial charge in [0.05, 0.1) is 11.1 Å². The summed E-state index contributed by atoms with van der Waals surface area (Å²) in [6.07, 6.45) is 2.00. The molecule has 1 aliphatic heterocycles. The van der Waals surface area contributed by atoms with Crippen molar-refractivity contribution in [2.24, 2.45) is 5.41 Å². The molecule has 0 N–H and O–H groups in total. The summed E-state index contributed by atoms with van der Waals surface area (Å²) < 4.78 is 12.2. The van der Waals surface area contributed by atoms with Crippen molar-refractivity contribution in [2.45, 2.75) is 12.8 Å². The second-order valence-corrected chi connectivity index (χ2v) is 6.24. The van der Waals surface area contributed by atoms with E-state index in [4.69, 9.17) is 21.1 Å². The minimum absolute atomic E-state index is 0.125. The van der Waals surface area contributed by atoms with Crippen LogP contribution in [0.15, 0.2) is 22.7 Å². The second kappa shape index (κ2) is 6.51. The van der Waals surface area contributed by atoms with Crippen LogP contribution in [0.4, 0.5) is 0 Å². The van der Waals surface area contributed by atoms with Crippen LogP contribution >= 0.6 is 40.2 Å². The van der Waals surface area contributed by atoms with E-state index in [2.05, 4.69) is 28.6 Å². The van der Waals surface area contributed by atoms with Crippen LogP contribution in [0.3, 0.4) is 0 Å². The largest absolute Gasteiger partial charge is 0.492 e. The molecule has 1 saturated heterocycles.